The first-order valence-electron chi connectivity index (χ1n) is 16.8. The Morgan fingerprint density at radius 1 is 0.714 bits per heavy atom. The molecule has 251 valence electrons. The summed E-state index contributed by atoms with van der Waals surface area (Å²) in [5.74, 6) is 7.81. The molecule has 7 rings (SSSR count). The van der Waals surface area contributed by atoms with Crippen molar-refractivity contribution < 1.29 is 20.1 Å². The average molecular weight is 914 g/mol. The van der Waals surface area contributed by atoms with Gasteiger partial charge in [-0.3, -0.25) is 0 Å². The second kappa shape index (κ2) is 15.4. The molecule has 3 heterocycles. The number of hydrogen-bond donors (Lipinski definition) is 0. The summed E-state index contributed by atoms with van der Waals surface area (Å²) >= 11 is 0.0642. The van der Waals surface area contributed by atoms with Crippen molar-refractivity contribution in [2.75, 3.05) is 0 Å². The fourth-order valence-corrected chi connectivity index (χ4v) is 10.5. The van der Waals surface area contributed by atoms with Gasteiger partial charge in [0, 0.05) is 32.5 Å². The van der Waals surface area contributed by atoms with E-state index in [1.54, 1.807) is 4.40 Å². The number of benzene rings is 4. The van der Waals surface area contributed by atoms with Crippen LogP contribution in [0.25, 0.3) is 53.8 Å². The second-order valence-corrected chi connectivity index (χ2v) is 31.6. The Labute approximate surface area is 313 Å². The summed E-state index contributed by atoms with van der Waals surface area (Å²) in [7, 11) is -1.23. The second-order valence-electron chi connectivity index (χ2n) is 14.8. The minimum atomic E-state index is -1.79. The molecule has 0 saturated carbocycles. The third-order valence-electron chi connectivity index (χ3n) is 8.84. The van der Waals surface area contributed by atoms with Gasteiger partial charge in [0.15, 0.2) is 0 Å². The Morgan fingerprint density at radius 3 is 2.10 bits per heavy atom. The zero-order valence-electron chi connectivity index (χ0n) is 29.7. The van der Waals surface area contributed by atoms with Crippen molar-refractivity contribution in [1.82, 2.24) is 9.97 Å². The number of nitrogens with zero attached hydrogens (tertiary/aromatic N) is 2. The van der Waals surface area contributed by atoms with Gasteiger partial charge in [0.25, 0.3) is 0 Å². The van der Waals surface area contributed by atoms with E-state index in [2.05, 4.69) is 146 Å². The summed E-state index contributed by atoms with van der Waals surface area (Å²) in [5.41, 5.74) is 8.06. The number of fused-ring (bicyclic) bond motifs is 3. The number of hydrogen-bond acceptors (Lipinski definition) is 3. The van der Waals surface area contributed by atoms with Gasteiger partial charge in [-0.05, 0) is 22.9 Å². The van der Waals surface area contributed by atoms with E-state index in [1.807, 2.05) is 54.1 Å². The van der Waals surface area contributed by atoms with Gasteiger partial charge in [-0.1, -0.05) is 51.2 Å². The van der Waals surface area contributed by atoms with Crippen LogP contribution in [0.1, 0.15) is 25.3 Å². The molecule has 0 aliphatic rings. The Kier molecular flexibility index (Phi) is 11.6. The number of pyridine rings is 2. The fraction of sp³-hybridized carbons (Fsp3) is 0.209. The molecule has 4 aromatic carbocycles. The summed E-state index contributed by atoms with van der Waals surface area (Å²) in [6.07, 6.45) is 3.94. The summed E-state index contributed by atoms with van der Waals surface area (Å²) in [6.45, 7) is 11.4. The summed E-state index contributed by atoms with van der Waals surface area (Å²) in [5, 5.41) is 4.00. The van der Waals surface area contributed by atoms with Gasteiger partial charge >= 0.3 is 161 Å². The maximum absolute atomic E-state index is 4.69. The van der Waals surface area contributed by atoms with E-state index in [0.717, 1.165) is 22.5 Å². The SMILES string of the molecule is CC(C)c1ccnc(-c2[c-]ccc3c2sc2cc(-c4cc[c]([Ge]([CH3])([CH3])[CH3])cc4)ccc23)c1.C[Si](C)(C)c1ccc(-c2[c-]cccc2)nc1.[Ir]. The molecule has 7 aromatic rings. The molecule has 3 aromatic heterocycles. The molecule has 6 heteroatoms. The molecule has 49 heavy (non-hydrogen) atoms. The zero-order chi connectivity index (χ0) is 34.1. The molecular weight excluding hydrogens is 869 g/mol. The summed E-state index contributed by atoms with van der Waals surface area (Å²) < 4.78 is 4.13. The Bertz CT molecular complexity index is 2160. The van der Waals surface area contributed by atoms with Gasteiger partial charge in [0.05, 0.1) is 8.07 Å². The van der Waals surface area contributed by atoms with E-state index in [9.17, 15) is 0 Å². The third kappa shape index (κ3) is 8.58. The predicted molar refractivity (Wildman–Crippen MR) is 215 cm³/mol. The van der Waals surface area contributed by atoms with Crippen LogP contribution in [0.2, 0.25) is 36.9 Å². The minimum absolute atomic E-state index is 0. The molecule has 0 bridgehead atoms. The predicted octanol–water partition coefficient (Wildman–Crippen LogP) is 11.3. The van der Waals surface area contributed by atoms with Crippen LogP contribution in [0.5, 0.6) is 0 Å². The van der Waals surface area contributed by atoms with Crippen molar-refractivity contribution in [2.24, 2.45) is 0 Å². The number of aromatic nitrogens is 2. The Balaban J connectivity index is 0.000000233. The topological polar surface area (TPSA) is 25.8 Å². The molecule has 0 fully saturated rings. The van der Waals surface area contributed by atoms with Crippen LogP contribution >= 0.6 is 11.3 Å². The van der Waals surface area contributed by atoms with Gasteiger partial charge in [-0.2, -0.15) is 0 Å². The maximum atomic E-state index is 4.69. The van der Waals surface area contributed by atoms with Crippen molar-refractivity contribution >= 4 is 62.4 Å². The standard InChI is InChI=1S/C29H28GeNS.C14H16NSi.Ir/c1-19(2)21-15-16-31-27(17-21)26-8-6-7-25-24-14-11-22(18-28(24)32-29(25)26)20-9-12-23(13-10-20)30(3,4)5;1-16(2,3)13-9-10-14(15-11-13)12-7-5-4-6-8-12;/h6-7,9-19H,1-5H3;4-7,9-11H,1-3H3;/q2*-1;. The van der Waals surface area contributed by atoms with E-state index < -0.39 is 21.3 Å². The van der Waals surface area contributed by atoms with E-state index in [1.165, 1.54) is 42.0 Å². The number of rotatable bonds is 6. The molecule has 0 atom stereocenters. The van der Waals surface area contributed by atoms with E-state index in [4.69, 9.17) is 0 Å². The molecule has 0 aliphatic carbocycles. The van der Waals surface area contributed by atoms with Crippen LogP contribution in [-0.4, -0.2) is 31.3 Å². The van der Waals surface area contributed by atoms with E-state index in [0.29, 0.717) is 5.92 Å². The smallest absolute Gasteiger partial charge is 0.305 e. The van der Waals surface area contributed by atoms with Crippen molar-refractivity contribution in [3.8, 4) is 33.6 Å². The Morgan fingerprint density at radius 2 is 1.47 bits per heavy atom. The van der Waals surface area contributed by atoms with Gasteiger partial charge in [-0.25, -0.2) is 0 Å². The zero-order valence-corrected chi connectivity index (χ0v) is 36.0. The number of thiophene rings is 1. The summed E-state index contributed by atoms with van der Waals surface area (Å²) in [4.78, 5) is 9.20. The van der Waals surface area contributed by atoms with Crippen molar-refractivity contribution in [1.29, 1.82) is 0 Å². The molecule has 1 radical (unpaired) electrons. The van der Waals surface area contributed by atoms with Gasteiger partial charge in [-0.15, -0.1) is 35.9 Å². The molecule has 0 N–H and O–H groups in total. The molecule has 0 aliphatic heterocycles. The van der Waals surface area contributed by atoms with Crippen molar-refractivity contribution in [3.05, 3.63) is 133 Å². The first-order valence-corrected chi connectivity index (χ1v) is 28.4. The van der Waals surface area contributed by atoms with Crippen LogP contribution in [0.3, 0.4) is 0 Å². The van der Waals surface area contributed by atoms with Gasteiger partial charge in [0.2, 0.25) is 0 Å². The van der Waals surface area contributed by atoms with Gasteiger partial charge < -0.3 is 4.98 Å². The molecule has 0 saturated heterocycles. The molecular formula is C43H44GeIrN2SSi-2. The quantitative estimate of drug-likeness (QED) is 0.123. The van der Waals surface area contributed by atoms with Crippen LogP contribution in [0.4, 0.5) is 0 Å². The third-order valence-corrected chi connectivity index (χ3v) is 16.4. The van der Waals surface area contributed by atoms with E-state index in [-0.39, 0.29) is 20.1 Å². The molecule has 2 nitrogen and oxygen atoms in total. The monoisotopic (exact) mass is 915 g/mol. The molecule has 0 spiro atoms. The fourth-order valence-electron chi connectivity index (χ4n) is 5.77. The van der Waals surface area contributed by atoms with Crippen LogP contribution < -0.4 is 9.58 Å². The molecule has 0 unspecified atom stereocenters. The molecule has 0 amide bonds. The summed E-state index contributed by atoms with van der Waals surface area (Å²) in [6, 6.07) is 43.6. The van der Waals surface area contributed by atoms with E-state index >= 15 is 0 Å². The first-order chi connectivity index (χ1) is 22.9. The van der Waals surface area contributed by atoms with Gasteiger partial charge in [0.1, 0.15) is 0 Å². The normalized spacial score (nSPS) is 11.7. The minimum Gasteiger partial charge on any atom is -0.305 e. The van der Waals surface area contributed by atoms with Crippen LogP contribution in [0.15, 0.2) is 116 Å². The van der Waals surface area contributed by atoms with Crippen molar-refractivity contribution in [3.63, 3.8) is 0 Å². The van der Waals surface area contributed by atoms with Crippen LogP contribution in [-0.2, 0) is 20.1 Å². The average Bonchev–Trinajstić information content (AvgIpc) is 3.46. The van der Waals surface area contributed by atoms with Crippen LogP contribution in [0, 0.1) is 12.1 Å². The Hall–Kier alpha value is -3.19. The van der Waals surface area contributed by atoms with Crippen molar-refractivity contribution in [2.45, 2.75) is 56.7 Å². The first kappa shape index (κ1) is 37.1.